The van der Waals surface area contributed by atoms with Crippen LogP contribution in [-0.2, 0) is 11.3 Å². The predicted molar refractivity (Wildman–Crippen MR) is 140 cm³/mol. The largest absolute Gasteiger partial charge is 0.467 e. The zero-order valence-corrected chi connectivity index (χ0v) is 20.9. The monoisotopic (exact) mass is 498 g/mol. The van der Waals surface area contributed by atoms with E-state index in [-0.39, 0.29) is 17.6 Å². The normalized spacial score (nSPS) is 11.2. The highest BCUT2D eigenvalue weighted by Gasteiger charge is 2.19. The van der Waals surface area contributed by atoms with Crippen LogP contribution in [0.2, 0.25) is 0 Å². The molecule has 0 unspecified atom stereocenters. The van der Waals surface area contributed by atoms with E-state index in [1.165, 1.54) is 11.8 Å². The molecule has 9 heteroatoms. The Morgan fingerprint density at radius 2 is 1.75 bits per heavy atom. The molecule has 0 atom stereocenters. The Morgan fingerprint density at radius 1 is 1.00 bits per heavy atom. The second kappa shape index (κ2) is 10.7. The lowest BCUT2D eigenvalue weighted by atomic mass is 10.2. The molecule has 2 aromatic carbocycles. The molecule has 0 saturated carbocycles. The van der Waals surface area contributed by atoms with Gasteiger partial charge < -0.3 is 9.73 Å². The van der Waals surface area contributed by atoms with Crippen LogP contribution < -0.4 is 5.32 Å². The third kappa shape index (κ3) is 5.26. The van der Waals surface area contributed by atoms with Crippen LogP contribution in [-0.4, -0.2) is 36.2 Å². The summed E-state index contributed by atoms with van der Waals surface area (Å²) in [6, 6.07) is 25.3. The Balaban J connectivity index is 1.35. The number of carbonyl (C=O) groups is 1. The van der Waals surface area contributed by atoms with Crippen LogP contribution in [0.1, 0.15) is 31.4 Å². The number of amides is 1. The van der Waals surface area contributed by atoms with Crippen molar-refractivity contribution in [2.24, 2.45) is 0 Å². The quantitative estimate of drug-likeness (QED) is 0.265. The van der Waals surface area contributed by atoms with Gasteiger partial charge in [-0.05, 0) is 24.3 Å². The molecule has 0 aliphatic carbocycles. The number of benzene rings is 2. The molecule has 3 heterocycles. The summed E-state index contributed by atoms with van der Waals surface area (Å²) in [7, 11) is 0. The maximum Gasteiger partial charge on any atom is 0.236 e. The molecule has 8 nitrogen and oxygen atoms in total. The molecular weight excluding hydrogens is 472 g/mol. The van der Waals surface area contributed by atoms with Gasteiger partial charge in [-0.15, -0.1) is 10.2 Å². The van der Waals surface area contributed by atoms with Gasteiger partial charge in [-0.3, -0.25) is 9.36 Å². The molecule has 1 N–H and O–H groups in total. The van der Waals surface area contributed by atoms with E-state index in [1.807, 2.05) is 83.4 Å². The first-order valence-corrected chi connectivity index (χ1v) is 12.7. The van der Waals surface area contributed by atoms with E-state index in [4.69, 9.17) is 9.52 Å². The van der Waals surface area contributed by atoms with E-state index in [0.29, 0.717) is 17.5 Å². The molecule has 0 bridgehead atoms. The maximum absolute atomic E-state index is 13.0. The topological polar surface area (TPSA) is 90.8 Å². The van der Waals surface area contributed by atoms with Crippen molar-refractivity contribution in [2.45, 2.75) is 31.5 Å². The molecule has 0 aliphatic heterocycles. The highest BCUT2D eigenvalue weighted by Crippen LogP contribution is 2.26. The first-order chi connectivity index (χ1) is 17.6. The Labute approximate surface area is 213 Å². The number of hydrogen-bond acceptors (Lipinski definition) is 6. The minimum Gasteiger partial charge on any atom is -0.467 e. The fourth-order valence-electron chi connectivity index (χ4n) is 3.84. The van der Waals surface area contributed by atoms with Crippen LogP contribution in [0.25, 0.3) is 16.9 Å². The van der Waals surface area contributed by atoms with Crippen molar-refractivity contribution < 1.29 is 9.21 Å². The van der Waals surface area contributed by atoms with E-state index in [1.54, 1.807) is 10.9 Å². The second-order valence-electron chi connectivity index (χ2n) is 8.53. The molecule has 3 aromatic heterocycles. The highest BCUT2D eigenvalue weighted by atomic mass is 32.2. The number of hydrogen-bond donors (Lipinski definition) is 1. The van der Waals surface area contributed by atoms with E-state index < -0.39 is 0 Å². The van der Waals surface area contributed by atoms with Crippen molar-refractivity contribution in [1.82, 2.24) is 24.5 Å². The molecule has 0 saturated heterocycles. The highest BCUT2D eigenvalue weighted by molar-refractivity contribution is 7.99. The third-order valence-corrected chi connectivity index (χ3v) is 6.50. The minimum absolute atomic E-state index is 0.157. The number of furan rings is 1. The summed E-state index contributed by atoms with van der Waals surface area (Å²) in [5.74, 6) is 2.47. The van der Waals surface area contributed by atoms with Crippen molar-refractivity contribution in [2.75, 3.05) is 11.1 Å². The lowest BCUT2D eigenvalue weighted by Gasteiger charge is -2.11. The van der Waals surface area contributed by atoms with Gasteiger partial charge in [-0.1, -0.05) is 74.1 Å². The number of carbonyl (C=O) groups excluding carboxylic acids is 1. The van der Waals surface area contributed by atoms with Crippen molar-refractivity contribution in [3.63, 3.8) is 0 Å². The summed E-state index contributed by atoms with van der Waals surface area (Å²) in [5, 5.41) is 17.2. The van der Waals surface area contributed by atoms with Gasteiger partial charge in [-0.2, -0.15) is 5.10 Å². The molecule has 5 rings (SSSR count). The molecule has 182 valence electrons. The number of thioether (sulfide) groups is 1. The summed E-state index contributed by atoms with van der Waals surface area (Å²) in [6.07, 6.45) is 1.65. The van der Waals surface area contributed by atoms with Gasteiger partial charge in [0.1, 0.15) is 17.4 Å². The summed E-state index contributed by atoms with van der Waals surface area (Å²) in [6.45, 7) is 4.65. The van der Waals surface area contributed by atoms with Crippen molar-refractivity contribution in [3.8, 4) is 16.9 Å². The zero-order chi connectivity index (χ0) is 24.9. The number of nitrogens with zero attached hydrogens (tertiary/aromatic N) is 5. The average Bonchev–Trinajstić information content (AvgIpc) is 3.65. The van der Waals surface area contributed by atoms with Crippen LogP contribution in [0, 0.1) is 0 Å². The van der Waals surface area contributed by atoms with Crippen molar-refractivity contribution >= 4 is 23.5 Å². The molecule has 5 aromatic rings. The van der Waals surface area contributed by atoms with Crippen molar-refractivity contribution in [3.05, 3.63) is 96.7 Å². The van der Waals surface area contributed by atoms with Crippen molar-refractivity contribution in [1.29, 1.82) is 0 Å². The number of nitrogens with one attached hydrogen (secondary N) is 1. The maximum atomic E-state index is 13.0. The predicted octanol–water partition coefficient (Wildman–Crippen LogP) is 5.63. The Bertz CT molecular complexity index is 1430. The summed E-state index contributed by atoms with van der Waals surface area (Å²) in [5.41, 5.74) is 2.62. The van der Waals surface area contributed by atoms with Gasteiger partial charge in [0.15, 0.2) is 5.16 Å². The van der Waals surface area contributed by atoms with Crippen LogP contribution in [0.3, 0.4) is 0 Å². The van der Waals surface area contributed by atoms with E-state index in [2.05, 4.69) is 29.4 Å². The zero-order valence-electron chi connectivity index (χ0n) is 20.0. The van der Waals surface area contributed by atoms with Gasteiger partial charge in [0, 0.05) is 17.5 Å². The Kier molecular flexibility index (Phi) is 6.99. The first kappa shape index (κ1) is 23.6. The SMILES string of the molecule is CC(C)c1nnc(SCC(=O)Nc2cc(-c3ccccc3)nn2-c2ccccc2)n1Cc1ccco1. The fraction of sp³-hybridized carbons (Fsp3) is 0.185. The summed E-state index contributed by atoms with van der Waals surface area (Å²) >= 11 is 1.35. The first-order valence-electron chi connectivity index (χ1n) is 11.7. The molecular formula is C27H26N6O2S. The van der Waals surface area contributed by atoms with Gasteiger partial charge in [0.25, 0.3) is 0 Å². The number of aromatic nitrogens is 5. The summed E-state index contributed by atoms with van der Waals surface area (Å²) in [4.78, 5) is 13.0. The number of rotatable bonds is 9. The molecule has 0 radical (unpaired) electrons. The number of para-hydroxylation sites is 1. The molecule has 36 heavy (non-hydrogen) atoms. The van der Waals surface area contributed by atoms with Gasteiger partial charge >= 0.3 is 0 Å². The smallest absolute Gasteiger partial charge is 0.236 e. The van der Waals surface area contributed by atoms with E-state index in [0.717, 1.165) is 28.5 Å². The molecule has 0 fully saturated rings. The average molecular weight is 499 g/mol. The number of anilines is 1. The van der Waals surface area contributed by atoms with Crippen LogP contribution in [0.15, 0.2) is 94.7 Å². The van der Waals surface area contributed by atoms with Gasteiger partial charge in [0.05, 0.1) is 29.9 Å². The standard InChI is InChI=1S/C27H26N6O2S/c1-19(2)26-29-30-27(32(26)17-22-14-9-15-35-22)36-18-25(34)28-24-16-23(20-10-5-3-6-11-20)31-33(24)21-12-7-4-8-13-21/h3-16,19H,17-18H2,1-2H3,(H,28,34). The summed E-state index contributed by atoms with van der Waals surface area (Å²) < 4.78 is 9.27. The Hall–Kier alpha value is -4.11. The van der Waals surface area contributed by atoms with Crippen LogP contribution in [0.4, 0.5) is 5.82 Å². The second-order valence-corrected chi connectivity index (χ2v) is 9.47. The van der Waals surface area contributed by atoms with Gasteiger partial charge in [0.2, 0.25) is 5.91 Å². The lowest BCUT2D eigenvalue weighted by Crippen LogP contribution is -2.17. The molecule has 0 spiro atoms. The van der Waals surface area contributed by atoms with Crippen LogP contribution in [0.5, 0.6) is 0 Å². The van der Waals surface area contributed by atoms with E-state index >= 15 is 0 Å². The minimum atomic E-state index is -0.157. The molecule has 1 amide bonds. The molecule has 0 aliphatic rings. The Morgan fingerprint density at radius 3 is 2.44 bits per heavy atom. The fourth-order valence-corrected chi connectivity index (χ4v) is 4.58. The van der Waals surface area contributed by atoms with Gasteiger partial charge in [-0.25, -0.2) is 4.68 Å². The van der Waals surface area contributed by atoms with E-state index in [9.17, 15) is 4.79 Å². The lowest BCUT2D eigenvalue weighted by molar-refractivity contribution is -0.113. The third-order valence-electron chi connectivity index (χ3n) is 5.54. The van der Waals surface area contributed by atoms with Crippen LogP contribution >= 0.6 is 11.8 Å².